The van der Waals surface area contributed by atoms with Crippen LogP contribution in [-0.2, 0) is 4.79 Å². The van der Waals surface area contributed by atoms with Crippen molar-refractivity contribution in [2.45, 2.75) is 44.9 Å². The predicted molar refractivity (Wildman–Crippen MR) is 52.4 cm³/mol. The fourth-order valence-corrected chi connectivity index (χ4v) is 2.23. The van der Waals surface area contributed by atoms with Gasteiger partial charge < -0.3 is 4.90 Å². The fourth-order valence-electron chi connectivity index (χ4n) is 2.23. The molecule has 0 unspecified atom stereocenters. The average molecular weight is 181 g/mol. The van der Waals surface area contributed by atoms with Crippen LogP contribution in [0.1, 0.15) is 44.9 Å². The number of rotatable bonds is 1. The molecule has 1 amide bonds. The van der Waals surface area contributed by atoms with Crippen molar-refractivity contribution in [2.24, 2.45) is 5.92 Å². The molecular formula is C11H19NO. The highest BCUT2D eigenvalue weighted by atomic mass is 16.2. The smallest absolute Gasteiger partial charge is 0.225 e. The minimum atomic E-state index is 0.378. The Labute approximate surface area is 80.3 Å². The highest BCUT2D eigenvalue weighted by Crippen LogP contribution is 2.25. The molecule has 0 bridgehead atoms. The summed E-state index contributed by atoms with van der Waals surface area (Å²) in [6, 6.07) is 0. The van der Waals surface area contributed by atoms with Gasteiger partial charge in [-0.3, -0.25) is 4.79 Å². The summed E-state index contributed by atoms with van der Waals surface area (Å²) < 4.78 is 0. The molecule has 0 spiro atoms. The van der Waals surface area contributed by atoms with Crippen molar-refractivity contribution in [2.75, 3.05) is 13.1 Å². The molecule has 0 aromatic rings. The molecule has 2 rings (SSSR count). The first-order valence-electron chi connectivity index (χ1n) is 5.67. The van der Waals surface area contributed by atoms with Gasteiger partial charge in [-0.15, -0.1) is 0 Å². The molecule has 2 heteroatoms. The van der Waals surface area contributed by atoms with E-state index in [4.69, 9.17) is 0 Å². The van der Waals surface area contributed by atoms with E-state index >= 15 is 0 Å². The van der Waals surface area contributed by atoms with Crippen LogP contribution < -0.4 is 0 Å². The third kappa shape index (κ3) is 2.45. The van der Waals surface area contributed by atoms with E-state index in [1.807, 2.05) is 4.90 Å². The van der Waals surface area contributed by atoms with E-state index in [2.05, 4.69) is 0 Å². The third-order valence-corrected chi connectivity index (χ3v) is 3.21. The number of hydrogen-bond acceptors (Lipinski definition) is 1. The zero-order chi connectivity index (χ0) is 9.10. The number of hydrogen-bond donors (Lipinski definition) is 0. The number of carbonyl (C=O) groups excluding carboxylic acids is 1. The lowest BCUT2D eigenvalue weighted by Gasteiger charge is -2.18. The van der Waals surface area contributed by atoms with Crippen molar-refractivity contribution in [3.8, 4) is 0 Å². The monoisotopic (exact) mass is 181 g/mol. The Morgan fingerprint density at radius 1 is 0.923 bits per heavy atom. The first-order chi connectivity index (χ1) is 6.38. The van der Waals surface area contributed by atoms with Gasteiger partial charge in [-0.25, -0.2) is 0 Å². The quantitative estimate of drug-likeness (QED) is 0.568. The Morgan fingerprint density at radius 2 is 1.46 bits per heavy atom. The van der Waals surface area contributed by atoms with Gasteiger partial charge in [-0.05, 0) is 12.8 Å². The maximum Gasteiger partial charge on any atom is 0.225 e. The lowest BCUT2D eigenvalue weighted by atomic mass is 9.90. The van der Waals surface area contributed by atoms with E-state index in [0.29, 0.717) is 11.8 Å². The zero-order valence-electron chi connectivity index (χ0n) is 8.30. The van der Waals surface area contributed by atoms with E-state index in [-0.39, 0.29) is 0 Å². The molecule has 2 aliphatic rings. The molecule has 0 aromatic heterocycles. The molecule has 0 radical (unpaired) electrons. The Bertz CT molecular complexity index is 179. The van der Waals surface area contributed by atoms with Gasteiger partial charge in [0.05, 0.1) is 0 Å². The van der Waals surface area contributed by atoms with Crippen LogP contribution in [0, 0.1) is 5.92 Å². The summed E-state index contributed by atoms with van der Waals surface area (Å²) in [5.41, 5.74) is 0. The Morgan fingerprint density at radius 3 is 2.00 bits per heavy atom. The van der Waals surface area contributed by atoms with Crippen molar-refractivity contribution in [3.63, 3.8) is 0 Å². The molecule has 13 heavy (non-hydrogen) atoms. The van der Waals surface area contributed by atoms with Crippen molar-refractivity contribution < 1.29 is 4.79 Å². The summed E-state index contributed by atoms with van der Waals surface area (Å²) in [7, 11) is 0. The van der Waals surface area contributed by atoms with Crippen molar-refractivity contribution >= 4 is 5.91 Å². The average Bonchev–Trinajstić information content (AvgIpc) is 2.84. The van der Waals surface area contributed by atoms with Crippen molar-refractivity contribution in [3.05, 3.63) is 0 Å². The number of carbonyl (C=O) groups is 1. The van der Waals surface area contributed by atoms with E-state index < -0.39 is 0 Å². The summed E-state index contributed by atoms with van der Waals surface area (Å²) in [4.78, 5) is 13.7. The molecule has 1 saturated heterocycles. The summed E-state index contributed by atoms with van der Waals surface area (Å²) in [6.07, 6.45) is 8.89. The summed E-state index contributed by atoms with van der Waals surface area (Å²) >= 11 is 0. The van der Waals surface area contributed by atoms with Crippen LogP contribution in [0.3, 0.4) is 0 Å². The van der Waals surface area contributed by atoms with E-state index in [1.165, 1.54) is 32.1 Å². The Kier molecular flexibility index (Phi) is 2.87. The molecule has 0 atom stereocenters. The second-order valence-electron chi connectivity index (χ2n) is 4.37. The van der Waals surface area contributed by atoms with Crippen LogP contribution in [0.4, 0.5) is 0 Å². The third-order valence-electron chi connectivity index (χ3n) is 3.21. The van der Waals surface area contributed by atoms with E-state index in [1.54, 1.807) is 0 Å². The molecule has 1 aliphatic carbocycles. The standard InChI is InChI=1S/C11H19NO/c13-11(12-8-9-12)10-6-4-2-1-3-5-7-10/h10H,1-9H2. The van der Waals surface area contributed by atoms with Crippen LogP contribution in [0.2, 0.25) is 0 Å². The SMILES string of the molecule is O=C(C1CCCCCCC1)N1CC1. The number of amides is 1. The second-order valence-corrected chi connectivity index (χ2v) is 4.37. The molecule has 2 fully saturated rings. The molecule has 0 aromatic carbocycles. The molecule has 2 nitrogen and oxygen atoms in total. The van der Waals surface area contributed by atoms with Gasteiger partial charge in [0.1, 0.15) is 0 Å². The molecule has 1 heterocycles. The summed E-state index contributed by atoms with van der Waals surface area (Å²) in [5, 5.41) is 0. The van der Waals surface area contributed by atoms with Gasteiger partial charge in [0.2, 0.25) is 5.91 Å². The molecule has 0 N–H and O–H groups in total. The van der Waals surface area contributed by atoms with Gasteiger partial charge in [0.25, 0.3) is 0 Å². The van der Waals surface area contributed by atoms with Crippen LogP contribution in [0.5, 0.6) is 0 Å². The van der Waals surface area contributed by atoms with Gasteiger partial charge in [-0.2, -0.15) is 0 Å². The minimum Gasteiger partial charge on any atom is -0.339 e. The fraction of sp³-hybridized carbons (Fsp3) is 0.909. The van der Waals surface area contributed by atoms with Crippen molar-refractivity contribution in [1.82, 2.24) is 4.90 Å². The highest BCUT2D eigenvalue weighted by Gasteiger charge is 2.30. The van der Waals surface area contributed by atoms with Gasteiger partial charge in [0.15, 0.2) is 0 Å². The summed E-state index contributed by atoms with van der Waals surface area (Å²) in [6.45, 7) is 2.05. The van der Waals surface area contributed by atoms with Crippen molar-refractivity contribution in [1.29, 1.82) is 0 Å². The van der Waals surface area contributed by atoms with Gasteiger partial charge >= 0.3 is 0 Å². The molecule has 1 aliphatic heterocycles. The van der Waals surface area contributed by atoms with Crippen LogP contribution in [-0.4, -0.2) is 23.9 Å². The first-order valence-corrected chi connectivity index (χ1v) is 5.67. The number of nitrogens with zero attached hydrogens (tertiary/aromatic N) is 1. The van der Waals surface area contributed by atoms with Crippen LogP contribution >= 0.6 is 0 Å². The van der Waals surface area contributed by atoms with Gasteiger partial charge in [-0.1, -0.05) is 32.1 Å². The molecule has 1 saturated carbocycles. The van der Waals surface area contributed by atoms with Crippen LogP contribution in [0.25, 0.3) is 0 Å². The van der Waals surface area contributed by atoms with Gasteiger partial charge in [0, 0.05) is 19.0 Å². The summed E-state index contributed by atoms with van der Waals surface area (Å²) in [5.74, 6) is 0.824. The second kappa shape index (κ2) is 4.12. The minimum absolute atomic E-state index is 0.378. The van der Waals surface area contributed by atoms with Crippen LogP contribution in [0.15, 0.2) is 0 Å². The first kappa shape index (κ1) is 9.04. The lowest BCUT2D eigenvalue weighted by Crippen LogP contribution is -2.22. The Hall–Kier alpha value is -0.530. The van der Waals surface area contributed by atoms with E-state index in [9.17, 15) is 4.79 Å². The zero-order valence-corrected chi connectivity index (χ0v) is 8.30. The topological polar surface area (TPSA) is 20.1 Å². The predicted octanol–water partition coefficient (Wildman–Crippen LogP) is 2.19. The normalized spacial score (nSPS) is 25.1. The molecular weight excluding hydrogens is 162 g/mol. The molecule has 74 valence electrons. The lowest BCUT2D eigenvalue weighted by molar-refractivity contribution is -0.130. The maximum atomic E-state index is 11.8. The Balaban J connectivity index is 1.83. The highest BCUT2D eigenvalue weighted by molar-refractivity contribution is 5.80. The maximum absolute atomic E-state index is 11.8. The van der Waals surface area contributed by atoms with E-state index in [0.717, 1.165) is 25.9 Å². The largest absolute Gasteiger partial charge is 0.339 e.